The van der Waals surface area contributed by atoms with E-state index < -0.39 is 6.10 Å². The normalized spacial score (nSPS) is 12.7. The molecule has 1 atom stereocenters. The van der Waals surface area contributed by atoms with Crippen molar-refractivity contribution >= 4 is 38.5 Å². The molecule has 5 heteroatoms. The van der Waals surface area contributed by atoms with E-state index in [-0.39, 0.29) is 0 Å². The molecule has 1 heterocycles. The molecule has 0 aliphatic heterocycles. The molecule has 2 rings (SSSR count). The van der Waals surface area contributed by atoms with Gasteiger partial charge in [0.25, 0.3) is 0 Å². The molecule has 3 nitrogen and oxygen atoms in total. The van der Waals surface area contributed by atoms with Crippen molar-refractivity contribution in [3.8, 4) is 0 Å². The van der Waals surface area contributed by atoms with E-state index in [1.165, 1.54) is 0 Å². The van der Waals surface area contributed by atoms with Crippen LogP contribution in [0.4, 0.5) is 0 Å². The zero-order valence-corrected chi connectivity index (χ0v) is 13.0. The van der Waals surface area contributed by atoms with Crippen LogP contribution >= 0.6 is 38.5 Å². The molecule has 17 heavy (non-hydrogen) atoms. The van der Waals surface area contributed by atoms with Crippen molar-refractivity contribution in [3.05, 3.63) is 49.8 Å². The first-order chi connectivity index (χ1) is 8.15. The third-order valence-corrected chi connectivity index (χ3v) is 4.18. The second-order valence-electron chi connectivity index (χ2n) is 3.62. The number of halogens is 2. The van der Waals surface area contributed by atoms with Gasteiger partial charge in [0, 0.05) is 10.1 Å². The summed E-state index contributed by atoms with van der Waals surface area (Å²) in [5.74, 6) is 0. The number of aliphatic hydroxyl groups excluding tert-OH is 1. The second kappa shape index (κ2) is 5.49. The summed E-state index contributed by atoms with van der Waals surface area (Å²) >= 11 is 5.67. The SMILES string of the molecule is CCn1ncc(Br)c1C(O)c1ccccc1I. The Morgan fingerprint density at radius 2 is 2.18 bits per heavy atom. The van der Waals surface area contributed by atoms with Gasteiger partial charge in [-0.25, -0.2) is 0 Å². The molecule has 90 valence electrons. The third-order valence-electron chi connectivity index (χ3n) is 2.59. The number of rotatable bonds is 3. The minimum Gasteiger partial charge on any atom is -0.382 e. The van der Waals surface area contributed by atoms with Crippen LogP contribution in [0.3, 0.4) is 0 Å². The fourth-order valence-corrected chi connectivity index (χ4v) is 2.94. The number of benzene rings is 1. The molecule has 0 amide bonds. The van der Waals surface area contributed by atoms with Crippen LogP contribution < -0.4 is 0 Å². The Morgan fingerprint density at radius 1 is 1.47 bits per heavy atom. The minimum atomic E-state index is -0.653. The van der Waals surface area contributed by atoms with Crippen molar-refractivity contribution in [1.29, 1.82) is 0 Å². The summed E-state index contributed by atoms with van der Waals surface area (Å²) in [7, 11) is 0. The van der Waals surface area contributed by atoms with Gasteiger partial charge >= 0.3 is 0 Å². The van der Waals surface area contributed by atoms with E-state index in [1.54, 1.807) is 10.9 Å². The van der Waals surface area contributed by atoms with Crippen LogP contribution in [0.2, 0.25) is 0 Å². The quantitative estimate of drug-likeness (QED) is 0.793. The highest BCUT2D eigenvalue weighted by molar-refractivity contribution is 14.1. The molecule has 0 radical (unpaired) electrons. The summed E-state index contributed by atoms with van der Waals surface area (Å²) < 4.78 is 3.69. The van der Waals surface area contributed by atoms with E-state index in [1.807, 2.05) is 31.2 Å². The maximum Gasteiger partial charge on any atom is 0.123 e. The Bertz CT molecular complexity index is 527. The number of hydrogen-bond donors (Lipinski definition) is 1. The molecule has 1 aromatic heterocycles. The van der Waals surface area contributed by atoms with Crippen molar-refractivity contribution < 1.29 is 5.11 Å². The monoisotopic (exact) mass is 406 g/mol. The lowest BCUT2D eigenvalue weighted by atomic mass is 10.1. The van der Waals surface area contributed by atoms with Crippen molar-refractivity contribution in [3.63, 3.8) is 0 Å². The highest BCUT2D eigenvalue weighted by Gasteiger charge is 2.20. The van der Waals surface area contributed by atoms with Gasteiger partial charge < -0.3 is 5.11 Å². The van der Waals surface area contributed by atoms with Gasteiger partial charge in [0.1, 0.15) is 6.10 Å². The smallest absolute Gasteiger partial charge is 0.123 e. The summed E-state index contributed by atoms with van der Waals surface area (Å²) in [6.45, 7) is 2.74. The average Bonchev–Trinajstić information content (AvgIpc) is 2.70. The standard InChI is InChI=1S/C12H12BrIN2O/c1-2-16-11(9(13)7-15-16)12(17)8-5-3-4-6-10(8)14/h3-7,12,17H,2H2,1H3. The lowest BCUT2D eigenvalue weighted by Crippen LogP contribution is -2.10. The maximum atomic E-state index is 10.5. The minimum absolute atomic E-state index is 0.653. The summed E-state index contributed by atoms with van der Waals surface area (Å²) in [4.78, 5) is 0. The van der Waals surface area contributed by atoms with Crippen LogP contribution in [-0.2, 0) is 6.54 Å². The lowest BCUT2D eigenvalue weighted by Gasteiger charge is -2.15. The fraction of sp³-hybridized carbons (Fsp3) is 0.250. The predicted molar refractivity (Wildman–Crippen MR) is 78.8 cm³/mol. The summed E-state index contributed by atoms with van der Waals surface area (Å²) in [6.07, 6.45) is 1.07. The maximum absolute atomic E-state index is 10.5. The molecule has 0 saturated heterocycles. The zero-order chi connectivity index (χ0) is 12.4. The Balaban J connectivity index is 2.47. The van der Waals surface area contributed by atoms with E-state index in [4.69, 9.17) is 0 Å². The van der Waals surface area contributed by atoms with Crippen molar-refractivity contribution in [1.82, 2.24) is 9.78 Å². The fourth-order valence-electron chi connectivity index (χ4n) is 1.74. The van der Waals surface area contributed by atoms with Crippen molar-refractivity contribution in [2.24, 2.45) is 0 Å². The number of hydrogen-bond acceptors (Lipinski definition) is 2. The summed E-state index contributed by atoms with van der Waals surface area (Å²) in [6, 6.07) is 7.82. The Labute approximate surface area is 122 Å². The molecule has 0 aliphatic rings. The molecule has 0 aliphatic carbocycles. The Hall–Kier alpha value is -0.400. The molecule has 1 N–H and O–H groups in total. The van der Waals surface area contributed by atoms with Crippen molar-refractivity contribution in [2.45, 2.75) is 19.6 Å². The van der Waals surface area contributed by atoms with Gasteiger partial charge in [-0.3, -0.25) is 4.68 Å². The molecule has 0 spiro atoms. The van der Waals surface area contributed by atoms with Gasteiger partial charge in [0.05, 0.1) is 16.4 Å². The first-order valence-corrected chi connectivity index (χ1v) is 7.16. The summed E-state index contributed by atoms with van der Waals surface area (Å²) in [5.41, 5.74) is 1.71. The Kier molecular flexibility index (Phi) is 4.22. The highest BCUT2D eigenvalue weighted by Crippen LogP contribution is 2.30. The van der Waals surface area contributed by atoms with E-state index in [0.29, 0.717) is 0 Å². The zero-order valence-electron chi connectivity index (χ0n) is 9.27. The number of aliphatic hydroxyl groups is 1. The van der Waals surface area contributed by atoms with Crippen molar-refractivity contribution in [2.75, 3.05) is 0 Å². The molecule has 1 aromatic carbocycles. The van der Waals surface area contributed by atoms with E-state index in [2.05, 4.69) is 43.6 Å². The lowest BCUT2D eigenvalue weighted by molar-refractivity contribution is 0.206. The first kappa shape index (κ1) is 13.0. The van der Waals surface area contributed by atoms with Crippen LogP contribution in [0.1, 0.15) is 24.3 Å². The molecule has 0 saturated carbocycles. The van der Waals surface area contributed by atoms with E-state index in [0.717, 1.165) is 25.8 Å². The molecule has 0 bridgehead atoms. The third kappa shape index (κ3) is 2.56. The summed E-state index contributed by atoms with van der Waals surface area (Å²) in [5, 5.41) is 14.7. The number of aromatic nitrogens is 2. The number of nitrogens with zero attached hydrogens (tertiary/aromatic N) is 2. The van der Waals surface area contributed by atoms with Gasteiger partial charge in [-0.15, -0.1) is 0 Å². The van der Waals surface area contributed by atoms with Gasteiger partial charge in [-0.05, 0) is 57.1 Å². The van der Waals surface area contributed by atoms with E-state index >= 15 is 0 Å². The predicted octanol–water partition coefficient (Wildman–Crippen LogP) is 3.35. The van der Waals surface area contributed by atoms with Crippen LogP contribution in [0, 0.1) is 3.57 Å². The van der Waals surface area contributed by atoms with Gasteiger partial charge in [0.2, 0.25) is 0 Å². The highest BCUT2D eigenvalue weighted by atomic mass is 127. The Morgan fingerprint density at radius 3 is 2.82 bits per heavy atom. The number of aryl methyl sites for hydroxylation is 1. The first-order valence-electron chi connectivity index (χ1n) is 5.28. The van der Waals surface area contributed by atoms with Crippen LogP contribution in [0.5, 0.6) is 0 Å². The van der Waals surface area contributed by atoms with Gasteiger partial charge in [-0.1, -0.05) is 18.2 Å². The van der Waals surface area contributed by atoms with E-state index in [9.17, 15) is 5.11 Å². The topological polar surface area (TPSA) is 38.0 Å². The van der Waals surface area contributed by atoms with Crippen LogP contribution in [0.25, 0.3) is 0 Å². The largest absolute Gasteiger partial charge is 0.382 e. The second-order valence-corrected chi connectivity index (χ2v) is 5.63. The molecular formula is C12H12BrIN2O. The molecule has 0 fully saturated rings. The molecule has 1 unspecified atom stereocenters. The van der Waals surface area contributed by atoms with Gasteiger partial charge in [0.15, 0.2) is 0 Å². The van der Waals surface area contributed by atoms with Crippen LogP contribution in [-0.4, -0.2) is 14.9 Å². The molecule has 2 aromatic rings. The molecular weight excluding hydrogens is 395 g/mol. The van der Waals surface area contributed by atoms with Gasteiger partial charge in [-0.2, -0.15) is 5.10 Å². The van der Waals surface area contributed by atoms with Crippen LogP contribution in [0.15, 0.2) is 34.9 Å². The average molecular weight is 407 g/mol.